The zero-order chi connectivity index (χ0) is 18.4. The number of likely N-dealkylation sites (N-methyl/N-ethyl adjacent to an activating group) is 1. The van der Waals surface area contributed by atoms with Crippen LogP contribution in [0.2, 0.25) is 0 Å². The largest absolute Gasteiger partial charge is 0.370 e. The summed E-state index contributed by atoms with van der Waals surface area (Å²) in [5.74, 6) is 1.11. The van der Waals surface area contributed by atoms with Gasteiger partial charge in [0.25, 0.3) is 0 Å². The predicted octanol–water partition coefficient (Wildman–Crippen LogP) is 7.26. The summed E-state index contributed by atoms with van der Waals surface area (Å²) in [4.78, 5) is 2.32. The molecule has 0 bridgehead atoms. The van der Waals surface area contributed by atoms with Gasteiger partial charge in [-0.05, 0) is 52.9 Å². The topological polar surface area (TPSA) is 3.24 Å². The molecule has 0 N–H and O–H groups in total. The molecule has 0 fully saturated rings. The monoisotopic (exact) mass is 361 g/mol. The van der Waals surface area contributed by atoms with Crippen molar-refractivity contribution in [3.8, 4) is 0 Å². The summed E-state index contributed by atoms with van der Waals surface area (Å²) in [6, 6.07) is 14.1. The predicted molar refractivity (Wildman–Crippen MR) is 116 cm³/mol. The van der Waals surface area contributed by atoms with Gasteiger partial charge in [-0.15, -0.1) is 11.3 Å². The molecule has 0 saturated carbocycles. The molecule has 1 nitrogen and oxygen atoms in total. The van der Waals surface area contributed by atoms with E-state index in [-0.39, 0.29) is 0 Å². The van der Waals surface area contributed by atoms with E-state index in [1.807, 2.05) is 11.3 Å². The maximum Gasteiger partial charge on any atom is 0.0737 e. The summed E-state index contributed by atoms with van der Waals surface area (Å²) in [7, 11) is 2.18. The van der Waals surface area contributed by atoms with Crippen LogP contribution in [0.1, 0.15) is 50.8 Å². The minimum absolute atomic E-state index is 0.304. The quantitative estimate of drug-likeness (QED) is 0.474. The van der Waals surface area contributed by atoms with Crippen LogP contribution in [0, 0.1) is 5.92 Å². The van der Waals surface area contributed by atoms with Gasteiger partial charge in [0.15, 0.2) is 0 Å². The third kappa shape index (κ3) is 2.87. The molecule has 3 aromatic rings. The first kappa shape index (κ1) is 17.4. The van der Waals surface area contributed by atoms with Gasteiger partial charge in [0.05, 0.1) is 6.04 Å². The molecule has 0 amide bonds. The second kappa shape index (κ2) is 6.59. The van der Waals surface area contributed by atoms with E-state index < -0.39 is 0 Å². The molecule has 0 radical (unpaired) electrons. The number of hydrogen-bond acceptors (Lipinski definition) is 2. The molecule has 134 valence electrons. The van der Waals surface area contributed by atoms with Gasteiger partial charge in [-0.25, -0.2) is 0 Å². The van der Waals surface area contributed by atoms with Crippen LogP contribution in [-0.4, -0.2) is 11.9 Å². The Kier molecular flexibility index (Phi) is 4.40. The first-order chi connectivity index (χ1) is 12.5. The van der Waals surface area contributed by atoms with Crippen LogP contribution in [-0.2, 0) is 0 Å². The summed E-state index contributed by atoms with van der Waals surface area (Å²) in [5, 5.41) is 2.80. The number of nitrogens with zero attached hydrogens (tertiary/aromatic N) is 1. The van der Waals surface area contributed by atoms with E-state index in [0.29, 0.717) is 17.9 Å². The Bertz CT molecular complexity index is 1020. The maximum absolute atomic E-state index is 2.43. The van der Waals surface area contributed by atoms with E-state index in [1.54, 1.807) is 0 Å². The Morgan fingerprint density at radius 1 is 0.962 bits per heavy atom. The molecule has 2 aromatic carbocycles. The molecule has 1 aliphatic rings. The normalized spacial score (nSPS) is 17.7. The minimum atomic E-state index is 0.304. The Morgan fingerprint density at radius 2 is 1.77 bits per heavy atom. The molecule has 0 aliphatic carbocycles. The van der Waals surface area contributed by atoms with Crippen molar-refractivity contribution >= 4 is 31.5 Å². The van der Waals surface area contributed by atoms with Gasteiger partial charge in [0.2, 0.25) is 0 Å². The Morgan fingerprint density at radius 3 is 2.50 bits per heavy atom. The molecule has 0 saturated heterocycles. The van der Waals surface area contributed by atoms with Gasteiger partial charge in [-0.3, -0.25) is 0 Å². The average molecular weight is 362 g/mol. The average Bonchev–Trinajstić information content (AvgIpc) is 3.00. The van der Waals surface area contributed by atoms with Crippen LogP contribution in [0.4, 0.5) is 0 Å². The van der Waals surface area contributed by atoms with Crippen molar-refractivity contribution in [2.75, 3.05) is 7.05 Å². The zero-order valence-electron chi connectivity index (χ0n) is 16.3. The summed E-state index contributed by atoms with van der Waals surface area (Å²) in [6.07, 6.45) is 6.91. The van der Waals surface area contributed by atoms with E-state index in [4.69, 9.17) is 0 Å². The van der Waals surface area contributed by atoms with Gasteiger partial charge >= 0.3 is 0 Å². The third-order valence-corrected chi connectivity index (χ3v) is 6.73. The van der Waals surface area contributed by atoms with Gasteiger partial charge in [0.1, 0.15) is 0 Å². The van der Waals surface area contributed by atoms with Crippen molar-refractivity contribution in [3.05, 3.63) is 71.5 Å². The molecule has 2 heteroatoms. The summed E-state index contributed by atoms with van der Waals surface area (Å²) < 4.78 is 2.81. The van der Waals surface area contributed by atoms with E-state index in [1.165, 1.54) is 36.9 Å². The summed E-state index contributed by atoms with van der Waals surface area (Å²) in [5.41, 5.74) is 4.26. The lowest BCUT2D eigenvalue weighted by Crippen LogP contribution is -2.21. The summed E-state index contributed by atoms with van der Waals surface area (Å²) in [6.45, 7) is 9.07. The lowest BCUT2D eigenvalue weighted by atomic mass is 9.93. The van der Waals surface area contributed by atoms with Gasteiger partial charge in [0, 0.05) is 27.2 Å². The van der Waals surface area contributed by atoms with Crippen LogP contribution in [0.3, 0.4) is 0 Å². The van der Waals surface area contributed by atoms with Crippen molar-refractivity contribution < 1.29 is 0 Å². The Hall–Kier alpha value is -2.06. The van der Waals surface area contributed by atoms with Crippen LogP contribution < -0.4 is 0 Å². The lowest BCUT2D eigenvalue weighted by molar-refractivity contribution is 0.386. The van der Waals surface area contributed by atoms with Crippen molar-refractivity contribution in [2.24, 2.45) is 5.92 Å². The first-order valence-corrected chi connectivity index (χ1v) is 10.3. The van der Waals surface area contributed by atoms with Crippen molar-refractivity contribution in [2.45, 2.75) is 39.7 Å². The third-order valence-electron chi connectivity index (χ3n) is 5.49. The highest BCUT2D eigenvalue weighted by Crippen LogP contribution is 2.41. The van der Waals surface area contributed by atoms with Crippen molar-refractivity contribution in [1.82, 2.24) is 4.90 Å². The molecule has 1 unspecified atom stereocenters. The fourth-order valence-electron chi connectivity index (χ4n) is 3.78. The highest BCUT2D eigenvalue weighted by molar-refractivity contribution is 7.26. The SMILES string of the molecule is CC(C)C1=CC(c2cccc3c2sc2ccc(C(C)C)cc23)N(C)C=C1. The van der Waals surface area contributed by atoms with Crippen molar-refractivity contribution in [3.63, 3.8) is 0 Å². The van der Waals surface area contributed by atoms with Gasteiger partial charge in [-0.2, -0.15) is 0 Å². The van der Waals surface area contributed by atoms with E-state index >= 15 is 0 Å². The smallest absolute Gasteiger partial charge is 0.0737 e. The number of allylic oxidation sites excluding steroid dienone is 2. The van der Waals surface area contributed by atoms with Crippen molar-refractivity contribution in [1.29, 1.82) is 0 Å². The molecular weight excluding hydrogens is 334 g/mol. The first-order valence-electron chi connectivity index (χ1n) is 9.52. The molecule has 26 heavy (non-hydrogen) atoms. The van der Waals surface area contributed by atoms with Gasteiger partial charge < -0.3 is 4.90 Å². The van der Waals surface area contributed by atoms with E-state index in [2.05, 4.69) is 94.4 Å². The lowest BCUT2D eigenvalue weighted by Gasteiger charge is -2.30. The molecule has 1 atom stereocenters. The molecule has 0 spiro atoms. The molecule has 2 heterocycles. The highest BCUT2D eigenvalue weighted by atomic mass is 32.1. The second-order valence-electron chi connectivity index (χ2n) is 7.98. The van der Waals surface area contributed by atoms with Gasteiger partial charge in [-0.1, -0.05) is 58.0 Å². The van der Waals surface area contributed by atoms with Crippen LogP contribution in [0.15, 0.2) is 60.3 Å². The zero-order valence-corrected chi connectivity index (χ0v) is 17.1. The van der Waals surface area contributed by atoms with Crippen LogP contribution >= 0.6 is 11.3 Å². The maximum atomic E-state index is 2.43. The van der Waals surface area contributed by atoms with Crippen LogP contribution in [0.25, 0.3) is 20.2 Å². The summed E-state index contributed by atoms with van der Waals surface area (Å²) >= 11 is 1.93. The highest BCUT2D eigenvalue weighted by Gasteiger charge is 2.21. The van der Waals surface area contributed by atoms with E-state index in [9.17, 15) is 0 Å². The number of hydrogen-bond donors (Lipinski definition) is 0. The second-order valence-corrected chi connectivity index (χ2v) is 9.04. The fraction of sp³-hybridized carbons (Fsp3) is 0.333. The Labute approximate surface area is 160 Å². The van der Waals surface area contributed by atoms with Crippen LogP contribution in [0.5, 0.6) is 0 Å². The molecule has 1 aromatic heterocycles. The molecule has 4 rings (SSSR count). The standard InChI is InChI=1S/C24H27NS/c1-15(2)17-9-10-23-21(13-17)19-7-6-8-20(24(19)26-23)22-14-18(16(3)4)11-12-25(22)5/h6-16,22H,1-5H3. The Balaban J connectivity index is 1.91. The number of fused-ring (bicyclic) bond motifs is 3. The number of thiophene rings is 1. The fourth-order valence-corrected chi connectivity index (χ4v) is 5.01. The molecular formula is C24H27NS. The number of benzene rings is 2. The minimum Gasteiger partial charge on any atom is -0.370 e. The number of rotatable bonds is 3. The molecule has 1 aliphatic heterocycles. The van der Waals surface area contributed by atoms with E-state index in [0.717, 1.165) is 0 Å².